The minimum Gasteiger partial charge on any atom is -0.486 e. The minimum atomic E-state index is 0.133. The van der Waals surface area contributed by atoms with Crippen LogP contribution in [0.4, 0.5) is 0 Å². The molecule has 4 aromatic rings. The van der Waals surface area contributed by atoms with Gasteiger partial charge in [-0.3, -0.25) is 0 Å². The van der Waals surface area contributed by atoms with Crippen LogP contribution < -0.4 is 4.74 Å². The van der Waals surface area contributed by atoms with E-state index in [0.717, 1.165) is 41.1 Å². The highest BCUT2D eigenvalue weighted by Gasteiger charge is 2.22. The molecule has 0 N–H and O–H groups in total. The third-order valence-electron chi connectivity index (χ3n) is 5.50. The fraction of sp³-hybridized carbons (Fsp3) is 0.409. The van der Waals surface area contributed by atoms with Gasteiger partial charge >= 0.3 is 0 Å². The Hall–Kier alpha value is -2.51. The Bertz CT molecular complexity index is 1190. The average molecular weight is 408 g/mol. The van der Waals surface area contributed by atoms with E-state index in [9.17, 15) is 0 Å². The lowest BCUT2D eigenvalue weighted by Crippen LogP contribution is -2.25. The molecule has 1 aromatic carbocycles. The molecule has 0 amide bonds. The van der Waals surface area contributed by atoms with E-state index in [0.29, 0.717) is 12.4 Å². The van der Waals surface area contributed by atoms with E-state index in [2.05, 4.69) is 54.9 Å². The van der Waals surface area contributed by atoms with E-state index in [4.69, 9.17) is 9.72 Å². The number of likely N-dealkylation sites (N-methyl/N-ethyl adjacent to an activating group) is 1. The lowest BCUT2D eigenvalue weighted by atomic mass is 9.87. The number of benzene rings is 1. The van der Waals surface area contributed by atoms with Gasteiger partial charge in [-0.15, -0.1) is 16.4 Å². The van der Waals surface area contributed by atoms with Crippen LogP contribution in [0.25, 0.3) is 15.9 Å². The molecule has 3 aromatic heterocycles. The molecule has 0 atom stereocenters. The smallest absolute Gasteiger partial charge is 0.189 e. The van der Waals surface area contributed by atoms with Gasteiger partial charge in [-0.05, 0) is 42.1 Å². The molecule has 0 spiro atoms. The van der Waals surface area contributed by atoms with Crippen molar-refractivity contribution >= 4 is 27.2 Å². The average Bonchev–Trinajstić information content (AvgIpc) is 3.25. The van der Waals surface area contributed by atoms with Gasteiger partial charge in [-0.2, -0.15) is 0 Å². The summed E-state index contributed by atoms with van der Waals surface area (Å²) in [6.45, 7) is 9.01. The summed E-state index contributed by atoms with van der Waals surface area (Å²) >= 11 is 1.78. The van der Waals surface area contributed by atoms with E-state index < -0.39 is 0 Å². The van der Waals surface area contributed by atoms with E-state index in [-0.39, 0.29) is 5.41 Å². The predicted octanol–water partition coefficient (Wildman–Crippen LogP) is 4.20. The lowest BCUT2D eigenvalue weighted by Gasteiger charge is -2.21. The molecule has 150 valence electrons. The Morgan fingerprint density at radius 3 is 2.72 bits per heavy atom. The van der Waals surface area contributed by atoms with Gasteiger partial charge in [0.2, 0.25) is 0 Å². The van der Waals surface area contributed by atoms with E-state index in [1.807, 2.05) is 12.1 Å². The zero-order chi connectivity index (χ0) is 20.2. The first-order valence-electron chi connectivity index (χ1n) is 9.95. The Kier molecular flexibility index (Phi) is 4.33. The molecule has 0 saturated heterocycles. The number of rotatable bonds is 3. The summed E-state index contributed by atoms with van der Waals surface area (Å²) in [4.78, 5) is 14.2. The first-order valence-corrected chi connectivity index (χ1v) is 10.8. The van der Waals surface area contributed by atoms with Crippen LogP contribution >= 0.6 is 11.3 Å². The largest absolute Gasteiger partial charge is 0.486 e. The highest BCUT2D eigenvalue weighted by Crippen LogP contribution is 2.35. The number of ether oxygens (including phenoxy) is 1. The number of aromatic nitrogens is 4. The summed E-state index contributed by atoms with van der Waals surface area (Å²) in [6.07, 6.45) is 2.80. The molecule has 1 aliphatic heterocycles. The Balaban J connectivity index is 1.42. The summed E-state index contributed by atoms with van der Waals surface area (Å²) in [6, 6.07) is 8.27. The monoisotopic (exact) mass is 407 g/mol. The molecular formula is C22H25N5OS. The van der Waals surface area contributed by atoms with Crippen molar-refractivity contribution < 1.29 is 4.74 Å². The SMILES string of the molecule is CN1CCc2c(sc3ncn4nc(COc5ccc(C(C)(C)C)cc5)nc4c23)C1. The second-order valence-corrected chi connectivity index (χ2v) is 9.86. The molecule has 0 bridgehead atoms. The number of hydrogen-bond acceptors (Lipinski definition) is 6. The van der Waals surface area contributed by atoms with Gasteiger partial charge < -0.3 is 9.64 Å². The molecule has 4 heterocycles. The number of hydrogen-bond donors (Lipinski definition) is 0. The van der Waals surface area contributed by atoms with Crippen LogP contribution in [-0.2, 0) is 25.0 Å². The third-order valence-corrected chi connectivity index (χ3v) is 6.63. The van der Waals surface area contributed by atoms with Crippen molar-refractivity contribution in [2.75, 3.05) is 13.6 Å². The molecule has 1 aliphatic rings. The topological polar surface area (TPSA) is 55.6 Å². The molecule has 0 radical (unpaired) electrons. The summed E-state index contributed by atoms with van der Waals surface area (Å²) in [5.74, 6) is 1.50. The van der Waals surface area contributed by atoms with Crippen LogP contribution in [0.1, 0.15) is 42.6 Å². The molecular weight excluding hydrogens is 382 g/mol. The first kappa shape index (κ1) is 18.5. The van der Waals surface area contributed by atoms with Crippen molar-refractivity contribution in [3.05, 3.63) is 52.4 Å². The molecule has 7 heteroatoms. The van der Waals surface area contributed by atoms with Crippen LogP contribution in [0.2, 0.25) is 0 Å². The highest BCUT2D eigenvalue weighted by molar-refractivity contribution is 7.19. The first-order chi connectivity index (χ1) is 13.9. The van der Waals surface area contributed by atoms with E-state index in [1.165, 1.54) is 16.0 Å². The summed E-state index contributed by atoms with van der Waals surface area (Å²) in [5.41, 5.74) is 3.70. The second-order valence-electron chi connectivity index (χ2n) is 8.78. The highest BCUT2D eigenvalue weighted by atomic mass is 32.1. The van der Waals surface area contributed by atoms with Crippen molar-refractivity contribution in [1.29, 1.82) is 0 Å². The Morgan fingerprint density at radius 1 is 1.17 bits per heavy atom. The van der Waals surface area contributed by atoms with Gasteiger partial charge in [0, 0.05) is 18.0 Å². The maximum Gasteiger partial charge on any atom is 0.189 e. The second kappa shape index (κ2) is 6.78. The molecule has 0 unspecified atom stereocenters. The van der Waals surface area contributed by atoms with Crippen molar-refractivity contribution in [3.63, 3.8) is 0 Å². The molecule has 29 heavy (non-hydrogen) atoms. The van der Waals surface area contributed by atoms with Crippen LogP contribution in [0.15, 0.2) is 30.6 Å². The van der Waals surface area contributed by atoms with Gasteiger partial charge in [0.25, 0.3) is 0 Å². The zero-order valence-electron chi connectivity index (χ0n) is 17.3. The molecule has 0 aliphatic carbocycles. The van der Waals surface area contributed by atoms with Crippen LogP contribution in [0, 0.1) is 0 Å². The maximum absolute atomic E-state index is 5.95. The van der Waals surface area contributed by atoms with Crippen molar-refractivity contribution in [1.82, 2.24) is 24.5 Å². The summed E-state index contributed by atoms with van der Waals surface area (Å²) in [7, 11) is 2.16. The van der Waals surface area contributed by atoms with E-state index >= 15 is 0 Å². The standard InChI is InChI=1S/C22H25N5OS/c1-22(2,3)14-5-7-15(8-6-14)28-12-18-24-20-19-16-9-10-26(4)11-17(16)29-21(19)23-13-27(20)25-18/h5-8,13H,9-12H2,1-4H3. The maximum atomic E-state index is 5.95. The number of fused-ring (bicyclic) bond motifs is 5. The van der Waals surface area contributed by atoms with E-state index in [1.54, 1.807) is 22.2 Å². The third kappa shape index (κ3) is 3.38. The lowest BCUT2D eigenvalue weighted by molar-refractivity contribution is 0.296. The fourth-order valence-corrected chi connectivity index (χ4v) is 5.09. The number of thiophene rings is 1. The van der Waals surface area contributed by atoms with Crippen molar-refractivity contribution in [2.24, 2.45) is 0 Å². The van der Waals surface area contributed by atoms with Gasteiger partial charge in [0.15, 0.2) is 11.5 Å². The Morgan fingerprint density at radius 2 is 1.97 bits per heavy atom. The van der Waals surface area contributed by atoms with Crippen LogP contribution in [-0.4, -0.2) is 38.1 Å². The fourth-order valence-electron chi connectivity index (χ4n) is 3.82. The minimum absolute atomic E-state index is 0.133. The molecule has 5 rings (SSSR count). The Labute approximate surface area is 174 Å². The summed E-state index contributed by atoms with van der Waals surface area (Å²) < 4.78 is 7.73. The van der Waals surface area contributed by atoms with Gasteiger partial charge in [-0.1, -0.05) is 32.9 Å². The summed E-state index contributed by atoms with van der Waals surface area (Å²) in [5, 5.41) is 5.75. The van der Waals surface area contributed by atoms with Gasteiger partial charge in [0.05, 0.1) is 5.39 Å². The van der Waals surface area contributed by atoms with Gasteiger partial charge in [0.1, 0.15) is 23.5 Å². The van der Waals surface area contributed by atoms with Crippen LogP contribution in [0.3, 0.4) is 0 Å². The van der Waals surface area contributed by atoms with Crippen molar-refractivity contribution in [3.8, 4) is 5.75 Å². The van der Waals surface area contributed by atoms with Crippen LogP contribution in [0.5, 0.6) is 5.75 Å². The predicted molar refractivity (Wildman–Crippen MR) is 116 cm³/mol. The molecule has 0 saturated carbocycles. The quantitative estimate of drug-likeness (QED) is 0.509. The normalized spacial score (nSPS) is 15.2. The zero-order valence-corrected chi connectivity index (χ0v) is 18.1. The number of nitrogens with zero attached hydrogens (tertiary/aromatic N) is 5. The van der Waals surface area contributed by atoms with Crippen molar-refractivity contribution in [2.45, 2.75) is 45.8 Å². The van der Waals surface area contributed by atoms with Gasteiger partial charge in [-0.25, -0.2) is 14.5 Å². The molecule has 0 fully saturated rings. The molecule has 6 nitrogen and oxygen atoms in total.